The van der Waals surface area contributed by atoms with Crippen LogP contribution in [0.2, 0.25) is 0 Å². The number of para-hydroxylation sites is 1. The maximum absolute atomic E-state index is 4.12. The van der Waals surface area contributed by atoms with Crippen LogP contribution in [-0.4, -0.2) is 4.57 Å². The normalized spacial score (nSPS) is 11.2. The second-order valence-corrected chi connectivity index (χ2v) is 7.62. The highest BCUT2D eigenvalue weighted by atomic mass is 15.0. The molecule has 5 rings (SSSR count). The second-order valence-electron chi connectivity index (χ2n) is 7.62. The van der Waals surface area contributed by atoms with Crippen molar-refractivity contribution in [2.75, 3.05) is 0 Å². The van der Waals surface area contributed by atoms with E-state index in [1.165, 1.54) is 55.2 Å². The summed E-state index contributed by atoms with van der Waals surface area (Å²) >= 11 is 0. The van der Waals surface area contributed by atoms with Crippen molar-refractivity contribution < 1.29 is 0 Å². The first-order valence-corrected chi connectivity index (χ1v) is 10.0. The Morgan fingerprint density at radius 1 is 0.690 bits per heavy atom. The quantitative estimate of drug-likeness (QED) is 0.303. The molecule has 1 nitrogen and oxygen atoms in total. The average molecular weight is 373 g/mol. The number of hydrogen-bond donors (Lipinski definition) is 0. The van der Waals surface area contributed by atoms with Gasteiger partial charge in [0, 0.05) is 22.5 Å². The molecule has 0 spiro atoms. The summed E-state index contributed by atoms with van der Waals surface area (Å²) in [6.07, 6.45) is 1.93. The van der Waals surface area contributed by atoms with E-state index in [0.717, 1.165) is 0 Å². The molecular weight excluding hydrogens is 350 g/mol. The van der Waals surface area contributed by atoms with Crippen molar-refractivity contribution in [1.82, 2.24) is 4.57 Å². The summed E-state index contributed by atoms with van der Waals surface area (Å²) in [5, 5.41) is 2.53. The van der Waals surface area contributed by atoms with Gasteiger partial charge in [-0.1, -0.05) is 79.4 Å². The molecule has 0 bridgehead atoms. The highest BCUT2D eigenvalue weighted by molar-refractivity contribution is 6.14. The molecule has 0 unspecified atom stereocenters. The second kappa shape index (κ2) is 6.79. The van der Waals surface area contributed by atoms with Gasteiger partial charge < -0.3 is 4.57 Å². The summed E-state index contributed by atoms with van der Waals surface area (Å²) in [6.45, 7) is 8.52. The Morgan fingerprint density at radius 3 is 2.21 bits per heavy atom. The zero-order valence-electron chi connectivity index (χ0n) is 16.8. The van der Waals surface area contributed by atoms with E-state index in [0.29, 0.717) is 0 Å². The summed E-state index contributed by atoms with van der Waals surface area (Å²) in [5.41, 5.74) is 10.0. The summed E-state index contributed by atoms with van der Waals surface area (Å²) < 4.78 is 2.24. The van der Waals surface area contributed by atoms with Crippen molar-refractivity contribution in [3.05, 3.63) is 103 Å². The van der Waals surface area contributed by atoms with Crippen LogP contribution >= 0.6 is 0 Å². The van der Waals surface area contributed by atoms with E-state index < -0.39 is 0 Å². The van der Waals surface area contributed by atoms with Crippen LogP contribution in [0, 0.1) is 13.8 Å². The number of nitrogens with zero attached hydrogens (tertiary/aromatic N) is 1. The monoisotopic (exact) mass is 373 g/mol. The minimum atomic E-state index is 1.20. The molecule has 0 aliphatic carbocycles. The van der Waals surface area contributed by atoms with Gasteiger partial charge in [0.05, 0.1) is 11.0 Å². The van der Waals surface area contributed by atoms with E-state index in [4.69, 9.17) is 0 Å². The van der Waals surface area contributed by atoms with E-state index in [-0.39, 0.29) is 0 Å². The molecule has 0 aliphatic rings. The highest BCUT2D eigenvalue weighted by Gasteiger charge is 2.17. The van der Waals surface area contributed by atoms with Crippen LogP contribution in [0.5, 0.6) is 0 Å². The molecule has 0 aliphatic heterocycles. The van der Waals surface area contributed by atoms with E-state index in [1.807, 2.05) is 6.20 Å². The molecule has 1 aromatic heterocycles. The standard InChI is InChI=1S/C28H23N/c1-4-29-26-13-9-8-12-23(26)24-17-15-20(3)27(28(24)29)25-18-22(16-14-19(25)2)21-10-6-5-7-11-21/h4-18H,1H2,2-3H3. The zero-order chi connectivity index (χ0) is 20.0. The lowest BCUT2D eigenvalue weighted by Crippen LogP contribution is -1.94. The fourth-order valence-electron chi connectivity index (χ4n) is 4.42. The lowest BCUT2D eigenvalue weighted by Gasteiger charge is -2.15. The third-order valence-corrected chi connectivity index (χ3v) is 5.88. The third kappa shape index (κ3) is 2.70. The van der Waals surface area contributed by atoms with Gasteiger partial charge in [0.25, 0.3) is 0 Å². The topological polar surface area (TPSA) is 4.93 Å². The molecule has 4 aromatic carbocycles. The number of aryl methyl sites for hydroxylation is 2. The average Bonchev–Trinajstić information content (AvgIpc) is 3.08. The first-order valence-electron chi connectivity index (χ1n) is 10.0. The largest absolute Gasteiger partial charge is 0.316 e. The Morgan fingerprint density at radius 2 is 1.41 bits per heavy atom. The number of aromatic nitrogens is 1. The maximum atomic E-state index is 4.12. The molecule has 140 valence electrons. The first kappa shape index (κ1) is 17.5. The van der Waals surface area contributed by atoms with Crippen LogP contribution in [0.25, 0.3) is 50.3 Å². The fraction of sp³-hybridized carbons (Fsp3) is 0.0714. The maximum Gasteiger partial charge on any atom is 0.0615 e. The Labute approximate surface area is 171 Å². The molecule has 0 atom stereocenters. The van der Waals surface area contributed by atoms with Gasteiger partial charge in [-0.2, -0.15) is 0 Å². The third-order valence-electron chi connectivity index (χ3n) is 5.88. The Hall–Kier alpha value is -3.58. The molecule has 1 heterocycles. The lowest BCUT2D eigenvalue weighted by atomic mass is 9.91. The predicted molar refractivity (Wildman–Crippen MR) is 126 cm³/mol. The van der Waals surface area contributed by atoms with Crippen LogP contribution in [0.15, 0.2) is 91.5 Å². The molecule has 0 amide bonds. The summed E-state index contributed by atoms with van der Waals surface area (Å²) in [6, 6.07) is 30.4. The van der Waals surface area contributed by atoms with Crippen LogP contribution in [0.3, 0.4) is 0 Å². The van der Waals surface area contributed by atoms with Gasteiger partial charge >= 0.3 is 0 Å². The summed E-state index contributed by atoms with van der Waals surface area (Å²) in [5.74, 6) is 0. The first-order chi connectivity index (χ1) is 14.2. The molecule has 0 fully saturated rings. The predicted octanol–water partition coefficient (Wildman–Crippen LogP) is 7.85. The SMILES string of the molecule is C=Cn1c2ccccc2c2ccc(C)c(-c3cc(-c4ccccc4)ccc3C)c21. The smallest absolute Gasteiger partial charge is 0.0615 e. The van der Waals surface area contributed by atoms with E-state index >= 15 is 0 Å². The molecule has 1 heteroatoms. The minimum Gasteiger partial charge on any atom is -0.316 e. The molecular formula is C28H23N. The minimum absolute atomic E-state index is 1.20. The van der Waals surface area contributed by atoms with E-state index in [9.17, 15) is 0 Å². The summed E-state index contributed by atoms with van der Waals surface area (Å²) in [4.78, 5) is 0. The van der Waals surface area contributed by atoms with Gasteiger partial charge in [0.1, 0.15) is 0 Å². The van der Waals surface area contributed by atoms with Crippen molar-refractivity contribution in [2.45, 2.75) is 13.8 Å². The molecule has 29 heavy (non-hydrogen) atoms. The number of rotatable bonds is 3. The van der Waals surface area contributed by atoms with E-state index in [1.54, 1.807) is 0 Å². The van der Waals surface area contributed by atoms with Gasteiger partial charge in [0.2, 0.25) is 0 Å². The van der Waals surface area contributed by atoms with Crippen LogP contribution < -0.4 is 0 Å². The number of fused-ring (bicyclic) bond motifs is 3. The van der Waals surface area contributed by atoms with Gasteiger partial charge in [-0.25, -0.2) is 0 Å². The van der Waals surface area contributed by atoms with Crippen LogP contribution in [-0.2, 0) is 0 Å². The number of hydrogen-bond acceptors (Lipinski definition) is 0. The van der Waals surface area contributed by atoms with Crippen molar-refractivity contribution in [3.8, 4) is 22.3 Å². The molecule has 0 N–H and O–H groups in total. The van der Waals surface area contributed by atoms with Gasteiger partial charge in [-0.3, -0.25) is 0 Å². The van der Waals surface area contributed by atoms with Gasteiger partial charge in [-0.15, -0.1) is 0 Å². The molecule has 0 radical (unpaired) electrons. The Bertz CT molecular complexity index is 1370. The van der Waals surface area contributed by atoms with Crippen molar-refractivity contribution in [1.29, 1.82) is 0 Å². The van der Waals surface area contributed by atoms with Crippen molar-refractivity contribution in [2.24, 2.45) is 0 Å². The van der Waals surface area contributed by atoms with Crippen LogP contribution in [0.1, 0.15) is 11.1 Å². The summed E-state index contributed by atoms with van der Waals surface area (Å²) in [7, 11) is 0. The van der Waals surface area contributed by atoms with E-state index in [2.05, 4.69) is 110 Å². The number of benzene rings is 4. The fourth-order valence-corrected chi connectivity index (χ4v) is 4.42. The zero-order valence-corrected chi connectivity index (χ0v) is 16.8. The van der Waals surface area contributed by atoms with Crippen molar-refractivity contribution >= 4 is 28.0 Å². The van der Waals surface area contributed by atoms with Gasteiger partial charge in [0.15, 0.2) is 0 Å². The lowest BCUT2D eigenvalue weighted by molar-refractivity contribution is 1.28. The highest BCUT2D eigenvalue weighted by Crippen LogP contribution is 2.40. The van der Waals surface area contributed by atoms with Crippen LogP contribution in [0.4, 0.5) is 0 Å². The Kier molecular flexibility index (Phi) is 4.10. The Balaban J connectivity index is 1.89. The molecule has 0 saturated carbocycles. The van der Waals surface area contributed by atoms with Crippen molar-refractivity contribution in [3.63, 3.8) is 0 Å². The van der Waals surface area contributed by atoms with Gasteiger partial charge in [-0.05, 0) is 53.8 Å². The molecule has 0 saturated heterocycles. The molecule has 5 aromatic rings.